The SMILES string of the molecule is CNCOC1(CNCNCC(C)(O)CC(C)C)Cc2c3c(c4c(c2OC1c1cc(CCCO)c(O)c(OC)c1)CCC(CO)O4)-c1ccc(O)cc1C(Cc1ccc2[nH]ccc2c1)C3. The number of phenolic OH excluding ortho intramolecular Hbond substituents is 2. The van der Waals surface area contributed by atoms with Crippen LogP contribution in [0.1, 0.15) is 91.0 Å². The van der Waals surface area contributed by atoms with E-state index < -0.39 is 23.4 Å². The largest absolute Gasteiger partial charge is 0.508 e. The number of nitrogens with one attached hydrogen (secondary N) is 4. The van der Waals surface area contributed by atoms with Crippen LogP contribution in [0, 0.1) is 5.92 Å². The van der Waals surface area contributed by atoms with Crippen molar-refractivity contribution in [3.05, 3.63) is 99.7 Å². The molecule has 5 aromatic rings. The predicted molar refractivity (Wildman–Crippen MR) is 248 cm³/mol. The molecule has 5 atom stereocenters. The Labute approximate surface area is 376 Å². The van der Waals surface area contributed by atoms with Crippen LogP contribution in [0.4, 0.5) is 0 Å². The molecule has 0 amide bonds. The van der Waals surface area contributed by atoms with Crippen LogP contribution in [-0.4, -0.2) is 102 Å². The molecule has 9 N–H and O–H groups in total. The molecular formula is C51H66N4O9. The number of aromatic hydroxyl groups is 2. The van der Waals surface area contributed by atoms with Gasteiger partial charge in [-0.3, -0.25) is 5.32 Å². The van der Waals surface area contributed by atoms with E-state index in [9.17, 15) is 25.5 Å². The third-order valence-electron chi connectivity index (χ3n) is 13.2. The number of hydrogen-bond acceptors (Lipinski definition) is 12. The Balaban J connectivity index is 1.29. The Morgan fingerprint density at radius 2 is 1.83 bits per heavy atom. The van der Waals surface area contributed by atoms with Crippen LogP contribution in [0.5, 0.6) is 28.7 Å². The van der Waals surface area contributed by atoms with E-state index in [2.05, 4.69) is 59.0 Å². The summed E-state index contributed by atoms with van der Waals surface area (Å²) >= 11 is 0. The summed E-state index contributed by atoms with van der Waals surface area (Å²) in [6, 6.07) is 18.0. The predicted octanol–water partition coefficient (Wildman–Crippen LogP) is 6.29. The van der Waals surface area contributed by atoms with Crippen molar-refractivity contribution in [2.45, 2.75) is 101 Å². The van der Waals surface area contributed by atoms with Crippen molar-refractivity contribution in [3.8, 4) is 39.9 Å². The smallest absolute Gasteiger partial charge is 0.161 e. The lowest BCUT2D eigenvalue weighted by Crippen LogP contribution is -2.56. The molecule has 0 saturated carbocycles. The van der Waals surface area contributed by atoms with Crippen molar-refractivity contribution in [1.29, 1.82) is 0 Å². The minimum atomic E-state index is -1.04. The summed E-state index contributed by atoms with van der Waals surface area (Å²) in [7, 11) is 3.37. The molecule has 4 aromatic carbocycles. The molecule has 13 nitrogen and oxygen atoms in total. The molecular weight excluding hydrogens is 813 g/mol. The number of methoxy groups -OCH3 is 1. The fourth-order valence-electron chi connectivity index (χ4n) is 10.5. The molecule has 3 aliphatic rings. The van der Waals surface area contributed by atoms with Crippen molar-refractivity contribution >= 4 is 10.9 Å². The van der Waals surface area contributed by atoms with Crippen molar-refractivity contribution in [2.75, 3.05) is 53.9 Å². The first kappa shape index (κ1) is 45.7. The van der Waals surface area contributed by atoms with E-state index in [0.717, 1.165) is 62.0 Å². The Morgan fingerprint density at radius 3 is 2.59 bits per heavy atom. The molecule has 0 saturated heterocycles. The van der Waals surface area contributed by atoms with Gasteiger partial charge in [0.05, 0.1) is 26.0 Å². The minimum Gasteiger partial charge on any atom is -0.508 e. The van der Waals surface area contributed by atoms with Crippen LogP contribution in [0.3, 0.4) is 0 Å². The van der Waals surface area contributed by atoms with Crippen molar-refractivity contribution in [1.82, 2.24) is 20.9 Å². The molecule has 0 radical (unpaired) electrons. The van der Waals surface area contributed by atoms with E-state index in [-0.39, 0.29) is 37.4 Å². The zero-order valence-electron chi connectivity index (χ0n) is 37.9. The highest BCUT2D eigenvalue weighted by atomic mass is 16.6. The van der Waals surface area contributed by atoms with Gasteiger partial charge in [-0.15, -0.1) is 0 Å². The Bertz CT molecular complexity index is 2430. The van der Waals surface area contributed by atoms with Crippen molar-refractivity contribution < 1.29 is 44.5 Å². The topological polar surface area (TPSA) is 190 Å². The summed E-state index contributed by atoms with van der Waals surface area (Å²) in [5.74, 6) is 2.29. The number of aliphatic hydroxyl groups is 3. The van der Waals surface area contributed by atoms with Crippen LogP contribution in [0.2, 0.25) is 0 Å². The Kier molecular flexibility index (Phi) is 13.8. The normalized spacial score (nSPS) is 21.0. The lowest BCUT2D eigenvalue weighted by atomic mass is 9.70. The molecule has 1 aromatic heterocycles. The van der Waals surface area contributed by atoms with Gasteiger partial charge in [0.2, 0.25) is 0 Å². The van der Waals surface area contributed by atoms with Crippen LogP contribution < -0.4 is 30.2 Å². The monoisotopic (exact) mass is 878 g/mol. The Morgan fingerprint density at radius 1 is 0.984 bits per heavy atom. The third-order valence-corrected chi connectivity index (χ3v) is 13.2. The van der Waals surface area contributed by atoms with Gasteiger partial charge in [0.15, 0.2) is 17.6 Å². The molecule has 344 valence electrons. The first-order chi connectivity index (χ1) is 30.9. The number of fused-ring (bicyclic) bond motifs is 9. The summed E-state index contributed by atoms with van der Waals surface area (Å²) in [5.41, 5.74) is 7.74. The zero-order chi connectivity index (χ0) is 45.2. The summed E-state index contributed by atoms with van der Waals surface area (Å²) in [6.07, 6.45) is 5.38. The lowest BCUT2D eigenvalue weighted by Gasteiger charge is -2.47. The maximum atomic E-state index is 11.3. The van der Waals surface area contributed by atoms with Gasteiger partial charge in [-0.25, -0.2) is 0 Å². The number of aromatic nitrogens is 1. The van der Waals surface area contributed by atoms with Crippen LogP contribution >= 0.6 is 0 Å². The number of hydrogen-bond donors (Lipinski definition) is 9. The van der Waals surface area contributed by atoms with Gasteiger partial charge < -0.3 is 60.1 Å². The minimum absolute atomic E-state index is 0.00730. The standard InChI is InChI=1S/C51H66N4O9/c1-30(2)23-50(3,60)26-53-28-54-27-51(62-29-52-4)24-42-41-20-34(18-31-8-13-43-32(17-31)14-15-55-43)40-22-36(58)9-11-38(40)45(41)48-39(12-10-37(25-57)63-48)47(42)64-49(51)35-19-33(7-6-16-56)46(59)44(21-35)61-5/h8-9,11,13-15,17,19,21-22,30,34,37,49,52-60H,6-7,10,12,16,18,20,23-29H2,1-5H3. The molecule has 8 rings (SSSR count). The second-order valence-corrected chi connectivity index (χ2v) is 18.8. The maximum Gasteiger partial charge on any atom is 0.161 e. The molecule has 64 heavy (non-hydrogen) atoms. The van der Waals surface area contributed by atoms with Crippen molar-refractivity contribution in [2.24, 2.45) is 5.92 Å². The highest BCUT2D eigenvalue weighted by Gasteiger charge is 2.50. The van der Waals surface area contributed by atoms with Crippen LogP contribution in [0.25, 0.3) is 22.0 Å². The van der Waals surface area contributed by atoms with Gasteiger partial charge in [0.25, 0.3) is 0 Å². The fraction of sp³-hybridized carbons (Fsp3) is 0.490. The summed E-state index contributed by atoms with van der Waals surface area (Å²) in [4.78, 5) is 3.31. The number of aryl methyl sites for hydroxylation is 1. The Hall–Kier alpha value is -4.86. The van der Waals surface area contributed by atoms with Gasteiger partial charge in [0.1, 0.15) is 29.0 Å². The van der Waals surface area contributed by atoms with E-state index >= 15 is 0 Å². The number of ether oxygens (including phenoxy) is 4. The summed E-state index contributed by atoms with van der Waals surface area (Å²) in [6.45, 7) is 7.24. The van der Waals surface area contributed by atoms with Gasteiger partial charge in [-0.1, -0.05) is 26.0 Å². The van der Waals surface area contributed by atoms with Gasteiger partial charge in [-0.2, -0.15) is 0 Å². The second-order valence-electron chi connectivity index (χ2n) is 18.8. The van der Waals surface area contributed by atoms with Crippen LogP contribution in [0.15, 0.2) is 60.8 Å². The van der Waals surface area contributed by atoms with E-state index in [4.69, 9.17) is 18.9 Å². The number of phenols is 2. The number of aromatic amines is 1. The number of aliphatic hydroxyl groups excluding tert-OH is 2. The number of benzene rings is 4. The highest BCUT2D eigenvalue weighted by molar-refractivity contribution is 5.85. The molecule has 0 fully saturated rings. The average molecular weight is 879 g/mol. The average Bonchev–Trinajstić information content (AvgIpc) is 3.75. The third kappa shape index (κ3) is 9.30. The number of H-pyrrole nitrogens is 1. The lowest BCUT2D eigenvalue weighted by molar-refractivity contribution is -0.129. The van der Waals surface area contributed by atoms with Gasteiger partial charge >= 0.3 is 0 Å². The summed E-state index contributed by atoms with van der Waals surface area (Å²) in [5, 5.41) is 65.1. The molecule has 0 bridgehead atoms. The number of rotatable bonds is 19. The maximum absolute atomic E-state index is 11.3. The first-order valence-corrected chi connectivity index (χ1v) is 22.8. The zero-order valence-corrected chi connectivity index (χ0v) is 37.9. The molecule has 2 aliphatic heterocycles. The molecule has 5 unspecified atom stereocenters. The van der Waals surface area contributed by atoms with Crippen molar-refractivity contribution in [3.63, 3.8) is 0 Å². The second kappa shape index (κ2) is 19.3. The highest BCUT2D eigenvalue weighted by Crippen LogP contribution is 2.58. The van der Waals surface area contributed by atoms with Gasteiger partial charge in [-0.05, 0) is 152 Å². The quantitative estimate of drug-likeness (QED) is 0.0334. The van der Waals surface area contributed by atoms with E-state index in [0.29, 0.717) is 87.7 Å². The first-order valence-electron chi connectivity index (χ1n) is 22.8. The fourth-order valence-corrected chi connectivity index (χ4v) is 10.5. The molecule has 13 heteroatoms. The van der Waals surface area contributed by atoms with E-state index in [1.165, 1.54) is 12.7 Å². The molecule has 3 heterocycles. The van der Waals surface area contributed by atoms with Gasteiger partial charge in [0, 0.05) is 61.2 Å². The van der Waals surface area contributed by atoms with E-state index in [1.54, 1.807) is 6.07 Å². The van der Waals surface area contributed by atoms with E-state index in [1.807, 2.05) is 44.4 Å². The summed E-state index contributed by atoms with van der Waals surface area (Å²) < 4.78 is 27.1. The molecule has 1 aliphatic carbocycles. The molecule has 0 spiro atoms. The van der Waals surface area contributed by atoms with Crippen LogP contribution in [-0.2, 0) is 36.8 Å².